The van der Waals surface area contributed by atoms with Gasteiger partial charge in [0.05, 0.1) is 30.9 Å². The normalized spacial score (nSPS) is 11.0. The lowest BCUT2D eigenvalue weighted by molar-refractivity contribution is 0.0603. The van der Waals surface area contributed by atoms with Crippen LogP contribution in [0.2, 0.25) is 0 Å². The van der Waals surface area contributed by atoms with Gasteiger partial charge >= 0.3 is 5.97 Å². The Bertz CT molecular complexity index is 1410. The maximum Gasteiger partial charge on any atom is 0.338 e. The lowest BCUT2D eigenvalue weighted by Crippen LogP contribution is -2.05. The minimum absolute atomic E-state index is 0.407. The molecule has 33 heavy (non-hydrogen) atoms. The Hall–Kier alpha value is -4.39. The molecule has 0 bridgehead atoms. The molecular formula is C26H21N3O4. The summed E-state index contributed by atoms with van der Waals surface area (Å²) in [6, 6.07) is 22.7. The highest BCUT2D eigenvalue weighted by atomic mass is 16.5. The number of aromatic nitrogens is 3. The number of para-hydroxylation sites is 1. The Balaban J connectivity index is 1.47. The van der Waals surface area contributed by atoms with Crippen molar-refractivity contribution in [3.05, 3.63) is 95.9 Å². The molecule has 0 N–H and O–H groups in total. The highest BCUT2D eigenvalue weighted by Gasteiger charge is 2.21. The average molecular weight is 439 g/mol. The third-order valence-corrected chi connectivity index (χ3v) is 5.38. The topological polar surface area (TPSA) is 79.4 Å². The fourth-order valence-electron chi connectivity index (χ4n) is 3.71. The van der Waals surface area contributed by atoms with Crippen molar-refractivity contribution in [2.75, 3.05) is 7.11 Å². The minimum Gasteiger partial charge on any atom is -0.465 e. The van der Waals surface area contributed by atoms with Crippen LogP contribution in [0.1, 0.15) is 21.6 Å². The van der Waals surface area contributed by atoms with Crippen molar-refractivity contribution in [2.24, 2.45) is 0 Å². The number of furan rings is 1. The van der Waals surface area contributed by atoms with Crippen LogP contribution >= 0.6 is 0 Å². The minimum atomic E-state index is -0.444. The van der Waals surface area contributed by atoms with E-state index >= 15 is 0 Å². The Morgan fingerprint density at radius 2 is 1.76 bits per heavy atom. The van der Waals surface area contributed by atoms with Crippen LogP contribution in [0.15, 0.2) is 83.5 Å². The Morgan fingerprint density at radius 3 is 2.45 bits per heavy atom. The second-order valence-electron chi connectivity index (χ2n) is 7.52. The van der Waals surface area contributed by atoms with Gasteiger partial charge in [0, 0.05) is 5.69 Å². The molecule has 0 spiro atoms. The molecule has 5 aromatic rings. The molecular weight excluding hydrogens is 418 g/mol. The molecule has 3 aromatic heterocycles. The first-order valence-electron chi connectivity index (χ1n) is 10.4. The van der Waals surface area contributed by atoms with Crippen molar-refractivity contribution in [1.82, 2.24) is 14.8 Å². The number of nitrogens with zero attached hydrogens (tertiary/aromatic N) is 3. The number of hydrogen-bond acceptors (Lipinski definition) is 6. The van der Waals surface area contributed by atoms with Gasteiger partial charge in [-0.25, -0.2) is 9.78 Å². The van der Waals surface area contributed by atoms with Gasteiger partial charge in [-0.3, -0.25) is 4.68 Å². The van der Waals surface area contributed by atoms with Gasteiger partial charge in [0.15, 0.2) is 11.4 Å². The fourth-order valence-corrected chi connectivity index (χ4v) is 3.71. The molecule has 0 aliphatic carbocycles. The van der Waals surface area contributed by atoms with Gasteiger partial charge in [-0.05, 0) is 55.0 Å². The summed E-state index contributed by atoms with van der Waals surface area (Å²) in [6.07, 6.45) is 1.56. The molecule has 0 fully saturated rings. The number of methoxy groups -OCH3 is 1. The van der Waals surface area contributed by atoms with Gasteiger partial charge < -0.3 is 13.9 Å². The molecule has 0 saturated heterocycles. The molecule has 0 radical (unpaired) electrons. The standard InChI is InChI=1S/C26H21N3O4/c1-17-24-21(26(30)31-2)15-22(23-9-6-14-32-23)27-25(24)28-29(17)16-18-10-12-20(13-11-18)33-19-7-4-3-5-8-19/h3-15H,16H2,1-2H3. The largest absolute Gasteiger partial charge is 0.465 e. The zero-order valence-electron chi connectivity index (χ0n) is 18.2. The summed E-state index contributed by atoms with van der Waals surface area (Å²) < 4.78 is 18.2. The van der Waals surface area contributed by atoms with E-state index in [2.05, 4.69) is 10.1 Å². The Labute approximate surface area is 190 Å². The second-order valence-corrected chi connectivity index (χ2v) is 7.52. The first kappa shape index (κ1) is 20.5. The predicted octanol–water partition coefficient (Wildman–Crippen LogP) is 5.63. The molecule has 0 amide bonds. The molecule has 7 nitrogen and oxygen atoms in total. The lowest BCUT2D eigenvalue weighted by Gasteiger charge is -2.08. The van der Waals surface area contributed by atoms with Crippen LogP contribution in [0, 0.1) is 6.92 Å². The predicted molar refractivity (Wildman–Crippen MR) is 123 cm³/mol. The van der Waals surface area contributed by atoms with Gasteiger partial charge in [-0.2, -0.15) is 5.10 Å². The van der Waals surface area contributed by atoms with Gasteiger partial charge in [-0.1, -0.05) is 30.3 Å². The molecule has 0 aliphatic rings. The number of hydrogen-bond donors (Lipinski definition) is 0. The summed E-state index contributed by atoms with van der Waals surface area (Å²) in [4.78, 5) is 17.2. The van der Waals surface area contributed by atoms with Crippen molar-refractivity contribution in [2.45, 2.75) is 13.5 Å². The van der Waals surface area contributed by atoms with Crippen LogP contribution in [0.4, 0.5) is 0 Å². The fraction of sp³-hybridized carbons (Fsp3) is 0.115. The Morgan fingerprint density at radius 1 is 1.00 bits per heavy atom. The summed E-state index contributed by atoms with van der Waals surface area (Å²) in [7, 11) is 1.36. The third kappa shape index (κ3) is 4.08. The molecule has 0 atom stereocenters. The van der Waals surface area contributed by atoms with E-state index < -0.39 is 5.97 Å². The van der Waals surface area contributed by atoms with Crippen LogP contribution in [0.25, 0.3) is 22.5 Å². The van der Waals surface area contributed by atoms with Gasteiger partial charge in [-0.15, -0.1) is 0 Å². The summed E-state index contributed by atoms with van der Waals surface area (Å²) in [6.45, 7) is 2.44. The monoisotopic (exact) mass is 439 g/mol. The summed E-state index contributed by atoms with van der Waals surface area (Å²) >= 11 is 0. The highest BCUT2D eigenvalue weighted by molar-refractivity contribution is 6.04. The van der Waals surface area contributed by atoms with E-state index in [4.69, 9.17) is 13.9 Å². The average Bonchev–Trinajstić information content (AvgIpc) is 3.49. The number of fused-ring (bicyclic) bond motifs is 1. The maximum absolute atomic E-state index is 12.5. The molecule has 3 heterocycles. The number of benzene rings is 2. The van der Waals surface area contributed by atoms with E-state index in [1.165, 1.54) is 7.11 Å². The molecule has 0 unspecified atom stereocenters. The third-order valence-electron chi connectivity index (χ3n) is 5.38. The van der Waals surface area contributed by atoms with Crippen LogP contribution < -0.4 is 4.74 Å². The van der Waals surface area contributed by atoms with E-state index in [9.17, 15) is 4.79 Å². The van der Waals surface area contributed by atoms with E-state index in [1.807, 2.05) is 66.2 Å². The first-order valence-corrected chi connectivity index (χ1v) is 10.4. The zero-order valence-corrected chi connectivity index (χ0v) is 18.2. The SMILES string of the molecule is COC(=O)c1cc(-c2ccco2)nc2nn(Cc3ccc(Oc4ccccc4)cc3)c(C)c12. The van der Waals surface area contributed by atoms with Gasteiger partial charge in [0.25, 0.3) is 0 Å². The van der Waals surface area contributed by atoms with Crippen LogP contribution in [0.3, 0.4) is 0 Å². The van der Waals surface area contributed by atoms with Crippen LogP contribution in [0.5, 0.6) is 11.5 Å². The number of pyridine rings is 1. The summed E-state index contributed by atoms with van der Waals surface area (Å²) in [5.74, 6) is 1.65. The van der Waals surface area contributed by atoms with Gasteiger partial charge in [0.2, 0.25) is 0 Å². The van der Waals surface area contributed by atoms with Gasteiger partial charge in [0.1, 0.15) is 17.2 Å². The quantitative estimate of drug-likeness (QED) is 0.319. The summed E-state index contributed by atoms with van der Waals surface area (Å²) in [5.41, 5.74) is 3.26. The number of carbonyl (C=O) groups is 1. The van der Waals surface area contributed by atoms with Crippen molar-refractivity contribution >= 4 is 17.0 Å². The molecule has 7 heteroatoms. The van der Waals surface area contributed by atoms with Crippen molar-refractivity contribution in [1.29, 1.82) is 0 Å². The lowest BCUT2D eigenvalue weighted by atomic mass is 10.1. The van der Waals surface area contributed by atoms with Crippen LogP contribution in [-0.2, 0) is 11.3 Å². The van der Waals surface area contributed by atoms with Crippen molar-refractivity contribution < 1.29 is 18.7 Å². The second kappa shape index (κ2) is 8.63. The number of esters is 1. The van der Waals surface area contributed by atoms with Crippen molar-refractivity contribution in [3.8, 4) is 23.0 Å². The smallest absolute Gasteiger partial charge is 0.338 e. The van der Waals surface area contributed by atoms with E-state index in [-0.39, 0.29) is 0 Å². The molecule has 0 aliphatic heterocycles. The first-order chi connectivity index (χ1) is 16.1. The van der Waals surface area contributed by atoms with E-state index in [0.29, 0.717) is 34.6 Å². The number of rotatable bonds is 6. The highest BCUT2D eigenvalue weighted by Crippen LogP contribution is 2.28. The number of ether oxygens (including phenoxy) is 2. The number of carbonyl (C=O) groups excluding carboxylic acids is 1. The maximum atomic E-state index is 12.5. The Kier molecular flexibility index (Phi) is 5.36. The van der Waals surface area contributed by atoms with E-state index in [1.54, 1.807) is 24.5 Å². The van der Waals surface area contributed by atoms with Crippen molar-refractivity contribution in [3.63, 3.8) is 0 Å². The molecule has 2 aromatic carbocycles. The van der Waals surface area contributed by atoms with E-state index in [0.717, 1.165) is 22.8 Å². The van der Waals surface area contributed by atoms with Crippen LogP contribution in [-0.4, -0.2) is 27.8 Å². The molecule has 0 saturated carbocycles. The molecule has 5 rings (SSSR count). The molecule has 164 valence electrons. The number of aryl methyl sites for hydroxylation is 1. The summed E-state index contributed by atoms with van der Waals surface area (Å²) in [5, 5.41) is 5.34. The zero-order chi connectivity index (χ0) is 22.8.